The fourth-order valence-electron chi connectivity index (χ4n) is 1.67. The maximum Gasteiger partial charge on any atom is 0.150 e. The van der Waals surface area contributed by atoms with Gasteiger partial charge in [0.2, 0.25) is 0 Å². The number of aromatic nitrogens is 1. The molecule has 0 saturated carbocycles. The van der Waals surface area contributed by atoms with Crippen LogP contribution in [0.25, 0.3) is 0 Å². The van der Waals surface area contributed by atoms with Crippen molar-refractivity contribution in [1.29, 1.82) is 0 Å². The van der Waals surface area contributed by atoms with E-state index >= 15 is 0 Å². The molecule has 0 aliphatic rings. The highest BCUT2D eigenvalue weighted by atomic mass is 35.5. The quantitative estimate of drug-likeness (QED) is 0.851. The van der Waals surface area contributed by atoms with Crippen molar-refractivity contribution < 1.29 is 4.74 Å². The summed E-state index contributed by atoms with van der Waals surface area (Å²) >= 11 is 5.85. The van der Waals surface area contributed by atoms with Gasteiger partial charge in [0.25, 0.3) is 0 Å². The maximum atomic E-state index is 5.86. The van der Waals surface area contributed by atoms with Crippen LogP contribution in [-0.4, -0.2) is 4.98 Å². The molecule has 18 heavy (non-hydrogen) atoms. The Labute approximate surface area is 112 Å². The average Bonchev–Trinajstić information content (AvgIpc) is 2.34. The smallest absolute Gasteiger partial charge is 0.150 e. The molecule has 1 aromatic carbocycles. The number of hydrogen-bond acceptors (Lipinski definition) is 3. The Morgan fingerprint density at radius 3 is 2.61 bits per heavy atom. The van der Waals surface area contributed by atoms with Crippen LogP contribution in [0.15, 0.2) is 30.3 Å². The zero-order valence-corrected chi connectivity index (χ0v) is 11.2. The van der Waals surface area contributed by atoms with Crippen molar-refractivity contribution in [2.45, 2.75) is 20.3 Å². The molecule has 1 aromatic heterocycles. The fraction of sp³-hybridized carbons (Fsp3) is 0.214. The molecule has 0 amide bonds. The lowest BCUT2D eigenvalue weighted by Crippen LogP contribution is -1.97. The molecule has 4 heteroatoms. The van der Waals surface area contributed by atoms with Crippen molar-refractivity contribution in [2.75, 3.05) is 5.73 Å². The third-order valence-corrected chi connectivity index (χ3v) is 2.83. The van der Waals surface area contributed by atoms with Gasteiger partial charge in [0.05, 0.1) is 11.4 Å². The normalized spacial score (nSPS) is 10.4. The molecule has 0 atom stereocenters. The SMILES string of the molecule is CCc1nc(C)ccc1Oc1ccc(Cl)cc1N. The Kier molecular flexibility index (Phi) is 3.72. The Morgan fingerprint density at radius 2 is 1.94 bits per heavy atom. The van der Waals surface area contributed by atoms with Crippen LogP contribution in [0.4, 0.5) is 5.69 Å². The molecule has 0 unspecified atom stereocenters. The summed E-state index contributed by atoms with van der Waals surface area (Å²) in [4.78, 5) is 4.44. The Bertz CT molecular complexity index is 570. The van der Waals surface area contributed by atoms with Crippen LogP contribution in [0.5, 0.6) is 11.5 Å². The molecular weight excluding hydrogens is 248 g/mol. The third-order valence-electron chi connectivity index (χ3n) is 2.60. The standard InChI is InChI=1S/C14H15ClN2O/c1-3-12-14(6-4-9(2)17-12)18-13-7-5-10(15)8-11(13)16/h4-8H,3,16H2,1-2H3. The van der Waals surface area contributed by atoms with Crippen molar-refractivity contribution in [1.82, 2.24) is 4.98 Å². The first-order valence-corrected chi connectivity index (χ1v) is 6.17. The number of nitrogens with two attached hydrogens (primary N) is 1. The first kappa shape index (κ1) is 12.7. The lowest BCUT2D eigenvalue weighted by atomic mass is 10.2. The van der Waals surface area contributed by atoms with E-state index in [1.54, 1.807) is 18.2 Å². The van der Waals surface area contributed by atoms with Crippen molar-refractivity contribution in [3.63, 3.8) is 0 Å². The van der Waals surface area contributed by atoms with Gasteiger partial charge in [-0.25, -0.2) is 0 Å². The van der Waals surface area contributed by atoms with Crippen LogP contribution < -0.4 is 10.5 Å². The second-order valence-corrected chi connectivity index (χ2v) is 4.47. The van der Waals surface area contributed by atoms with E-state index in [0.717, 1.165) is 23.6 Å². The Balaban J connectivity index is 2.33. The number of rotatable bonds is 3. The number of nitrogens with zero attached hydrogens (tertiary/aromatic N) is 1. The van der Waals surface area contributed by atoms with E-state index in [4.69, 9.17) is 22.1 Å². The van der Waals surface area contributed by atoms with E-state index in [0.29, 0.717) is 16.5 Å². The van der Waals surface area contributed by atoms with Gasteiger partial charge >= 0.3 is 0 Å². The number of benzene rings is 1. The van der Waals surface area contributed by atoms with Gasteiger partial charge in [-0.2, -0.15) is 0 Å². The predicted molar refractivity (Wildman–Crippen MR) is 74.3 cm³/mol. The molecular formula is C14H15ClN2O. The van der Waals surface area contributed by atoms with Crippen molar-refractivity contribution >= 4 is 17.3 Å². The molecule has 0 saturated heterocycles. The van der Waals surface area contributed by atoms with Crippen molar-refractivity contribution in [2.24, 2.45) is 0 Å². The molecule has 1 heterocycles. The van der Waals surface area contributed by atoms with Crippen LogP contribution >= 0.6 is 11.6 Å². The van der Waals surface area contributed by atoms with Gasteiger partial charge in [-0.15, -0.1) is 0 Å². The molecule has 2 rings (SSSR count). The zero-order chi connectivity index (χ0) is 13.1. The minimum absolute atomic E-state index is 0.519. The van der Waals surface area contributed by atoms with E-state index in [1.807, 2.05) is 26.0 Å². The molecule has 0 aliphatic carbocycles. The van der Waals surface area contributed by atoms with Gasteiger partial charge in [-0.05, 0) is 43.7 Å². The molecule has 0 fully saturated rings. The largest absolute Gasteiger partial charge is 0.453 e. The summed E-state index contributed by atoms with van der Waals surface area (Å²) in [6, 6.07) is 9.01. The Hall–Kier alpha value is -1.74. The second-order valence-electron chi connectivity index (χ2n) is 4.04. The molecule has 0 bridgehead atoms. The lowest BCUT2D eigenvalue weighted by molar-refractivity contribution is 0.475. The van der Waals surface area contributed by atoms with Crippen LogP contribution in [0, 0.1) is 6.92 Å². The number of halogens is 1. The number of pyridine rings is 1. The summed E-state index contributed by atoms with van der Waals surface area (Å²) < 4.78 is 5.80. The summed E-state index contributed by atoms with van der Waals surface area (Å²) in [6.45, 7) is 4.00. The molecule has 0 aliphatic heterocycles. The summed E-state index contributed by atoms with van der Waals surface area (Å²) in [6.07, 6.45) is 0.810. The van der Waals surface area contributed by atoms with E-state index < -0.39 is 0 Å². The number of nitrogen functional groups attached to an aromatic ring is 1. The van der Waals surface area contributed by atoms with Gasteiger partial charge < -0.3 is 10.5 Å². The molecule has 94 valence electrons. The highest BCUT2D eigenvalue weighted by molar-refractivity contribution is 6.30. The summed E-state index contributed by atoms with van der Waals surface area (Å²) in [5.41, 5.74) is 8.28. The first-order valence-electron chi connectivity index (χ1n) is 5.79. The lowest BCUT2D eigenvalue weighted by Gasteiger charge is -2.11. The molecule has 0 radical (unpaired) electrons. The van der Waals surface area contributed by atoms with Crippen LogP contribution in [0.1, 0.15) is 18.3 Å². The minimum Gasteiger partial charge on any atom is -0.453 e. The molecule has 3 nitrogen and oxygen atoms in total. The van der Waals surface area contributed by atoms with Gasteiger partial charge in [-0.3, -0.25) is 4.98 Å². The van der Waals surface area contributed by atoms with E-state index in [9.17, 15) is 0 Å². The first-order chi connectivity index (χ1) is 8.60. The van der Waals surface area contributed by atoms with Crippen LogP contribution in [0.3, 0.4) is 0 Å². The van der Waals surface area contributed by atoms with Gasteiger partial charge in [-0.1, -0.05) is 18.5 Å². The van der Waals surface area contributed by atoms with Crippen LogP contribution in [0.2, 0.25) is 5.02 Å². The summed E-state index contributed by atoms with van der Waals surface area (Å²) in [5.74, 6) is 1.33. The zero-order valence-electron chi connectivity index (χ0n) is 10.4. The fourth-order valence-corrected chi connectivity index (χ4v) is 1.86. The number of aryl methyl sites for hydroxylation is 2. The maximum absolute atomic E-state index is 5.86. The van der Waals surface area contributed by atoms with E-state index in [1.165, 1.54) is 0 Å². The summed E-state index contributed by atoms with van der Waals surface area (Å²) in [7, 11) is 0. The molecule has 0 spiro atoms. The van der Waals surface area contributed by atoms with Crippen LogP contribution in [-0.2, 0) is 6.42 Å². The monoisotopic (exact) mass is 262 g/mol. The molecule has 2 aromatic rings. The predicted octanol–water partition coefficient (Wildman–Crippen LogP) is 3.98. The number of anilines is 1. The molecule has 2 N–H and O–H groups in total. The van der Waals surface area contributed by atoms with E-state index in [-0.39, 0.29) is 0 Å². The number of ether oxygens (including phenoxy) is 1. The van der Waals surface area contributed by atoms with Gasteiger partial charge in [0.15, 0.2) is 5.75 Å². The van der Waals surface area contributed by atoms with Crippen molar-refractivity contribution in [3.05, 3.63) is 46.7 Å². The number of hydrogen-bond donors (Lipinski definition) is 1. The Morgan fingerprint density at radius 1 is 1.22 bits per heavy atom. The summed E-state index contributed by atoms with van der Waals surface area (Å²) in [5, 5.41) is 0.595. The second kappa shape index (κ2) is 5.27. The van der Waals surface area contributed by atoms with Gasteiger partial charge in [0.1, 0.15) is 5.75 Å². The third kappa shape index (κ3) is 2.74. The highest BCUT2D eigenvalue weighted by Crippen LogP contribution is 2.31. The average molecular weight is 263 g/mol. The van der Waals surface area contributed by atoms with Crippen molar-refractivity contribution in [3.8, 4) is 11.5 Å². The minimum atomic E-state index is 0.519. The van der Waals surface area contributed by atoms with E-state index in [2.05, 4.69) is 4.98 Å². The topological polar surface area (TPSA) is 48.1 Å². The highest BCUT2D eigenvalue weighted by Gasteiger charge is 2.08. The van der Waals surface area contributed by atoms with Gasteiger partial charge in [0, 0.05) is 10.7 Å².